The van der Waals surface area contributed by atoms with Crippen molar-refractivity contribution in [2.75, 3.05) is 23.3 Å². The number of nitrogens with zero attached hydrogens (tertiary/aromatic N) is 4. The van der Waals surface area contributed by atoms with Crippen molar-refractivity contribution < 1.29 is 27.5 Å². The van der Waals surface area contributed by atoms with Crippen molar-refractivity contribution in [3.05, 3.63) is 57.5 Å². The van der Waals surface area contributed by atoms with Crippen LogP contribution in [0.3, 0.4) is 0 Å². The Labute approximate surface area is 190 Å². The fourth-order valence-corrected chi connectivity index (χ4v) is 4.00. The molecule has 0 amide bonds. The lowest BCUT2D eigenvalue weighted by Crippen LogP contribution is -2.42. The van der Waals surface area contributed by atoms with E-state index in [1.165, 1.54) is 11.6 Å². The number of piperidine rings is 1. The average Bonchev–Trinajstić information content (AvgIpc) is 2.77. The molecule has 0 aliphatic carbocycles. The summed E-state index contributed by atoms with van der Waals surface area (Å²) in [4.78, 5) is 34.4. The minimum absolute atomic E-state index is 0.00934. The Morgan fingerprint density at radius 1 is 1.18 bits per heavy atom. The number of halogens is 4. The summed E-state index contributed by atoms with van der Waals surface area (Å²) in [5.41, 5.74) is -0.627. The number of fused-ring (bicyclic) bond motifs is 1. The van der Waals surface area contributed by atoms with Crippen LogP contribution in [-0.2, 0) is 7.05 Å². The third kappa shape index (κ3) is 4.39. The summed E-state index contributed by atoms with van der Waals surface area (Å²) >= 11 is 0. The highest BCUT2D eigenvalue weighted by atomic mass is 19.3. The first-order valence-corrected chi connectivity index (χ1v) is 10.4. The van der Waals surface area contributed by atoms with Crippen molar-refractivity contribution in [3.63, 3.8) is 0 Å². The van der Waals surface area contributed by atoms with Crippen LogP contribution < -0.4 is 15.8 Å². The molecule has 34 heavy (non-hydrogen) atoms. The molecule has 12 heteroatoms. The standard InChI is InChI=1S/C22H21F4N5O3/c1-11(28-18-16(20(33)34)9-13(24)10-27-18)14-7-12(23)8-15-17(14)29-21(30(2)19(15)32)31-5-3-22(25,26)4-6-31/h7-11H,3-6H2,1-2H3,(H,27,28)(H,33,34)/t11-/m1/s1. The first kappa shape index (κ1) is 23.5. The maximum Gasteiger partial charge on any atom is 0.339 e. The zero-order valence-corrected chi connectivity index (χ0v) is 18.3. The quantitative estimate of drug-likeness (QED) is 0.538. The van der Waals surface area contributed by atoms with E-state index >= 15 is 0 Å². The van der Waals surface area contributed by atoms with Crippen LogP contribution in [0.5, 0.6) is 0 Å². The Bertz CT molecular complexity index is 1330. The van der Waals surface area contributed by atoms with Crippen LogP contribution in [0.15, 0.2) is 29.2 Å². The van der Waals surface area contributed by atoms with Crippen LogP contribution in [0.2, 0.25) is 0 Å². The van der Waals surface area contributed by atoms with E-state index in [-0.39, 0.29) is 54.2 Å². The van der Waals surface area contributed by atoms with Crippen molar-refractivity contribution in [3.8, 4) is 0 Å². The zero-order valence-electron chi connectivity index (χ0n) is 18.3. The lowest BCUT2D eigenvalue weighted by Gasteiger charge is -2.33. The molecule has 0 radical (unpaired) electrons. The molecule has 0 bridgehead atoms. The van der Waals surface area contributed by atoms with E-state index in [4.69, 9.17) is 0 Å². The molecule has 1 saturated heterocycles. The van der Waals surface area contributed by atoms with Gasteiger partial charge in [-0.2, -0.15) is 0 Å². The van der Waals surface area contributed by atoms with Gasteiger partial charge in [-0.3, -0.25) is 9.36 Å². The summed E-state index contributed by atoms with van der Waals surface area (Å²) in [7, 11) is 1.44. The molecular weight excluding hydrogens is 458 g/mol. The first-order valence-electron chi connectivity index (χ1n) is 10.4. The average molecular weight is 479 g/mol. The monoisotopic (exact) mass is 479 g/mol. The summed E-state index contributed by atoms with van der Waals surface area (Å²) in [5, 5.41) is 12.1. The van der Waals surface area contributed by atoms with Gasteiger partial charge in [0.2, 0.25) is 5.95 Å². The van der Waals surface area contributed by atoms with Crippen LogP contribution in [-0.4, -0.2) is 44.6 Å². The second kappa shape index (κ2) is 8.58. The smallest absolute Gasteiger partial charge is 0.339 e. The summed E-state index contributed by atoms with van der Waals surface area (Å²) in [6.45, 7) is 1.56. The number of nitrogens with one attached hydrogen (secondary N) is 1. The maximum atomic E-state index is 14.5. The van der Waals surface area contributed by atoms with Gasteiger partial charge in [0.1, 0.15) is 23.0 Å². The number of pyridine rings is 1. The van der Waals surface area contributed by atoms with E-state index in [9.17, 15) is 32.3 Å². The second-order valence-corrected chi connectivity index (χ2v) is 8.23. The lowest BCUT2D eigenvalue weighted by atomic mass is 10.0. The molecule has 1 aliphatic heterocycles. The summed E-state index contributed by atoms with van der Waals surface area (Å²) in [6, 6.07) is 2.18. The predicted molar refractivity (Wildman–Crippen MR) is 117 cm³/mol. The van der Waals surface area contributed by atoms with E-state index in [0.717, 1.165) is 24.4 Å². The third-order valence-electron chi connectivity index (χ3n) is 5.83. The lowest BCUT2D eigenvalue weighted by molar-refractivity contribution is -0.0223. The first-order chi connectivity index (χ1) is 16.0. The van der Waals surface area contributed by atoms with Gasteiger partial charge in [-0.05, 0) is 25.1 Å². The van der Waals surface area contributed by atoms with Gasteiger partial charge in [0.05, 0.1) is 23.1 Å². The van der Waals surface area contributed by atoms with E-state index in [2.05, 4.69) is 15.3 Å². The number of benzene rings is 1. The van der Waals surface area contributed by atoms with Gasteiger partial charge >= 0.3 is 5.97 Å². The molecule has 1 aliphatic rings. The normalized spacial score (nSPS) is 16.5. The number of rotatable bonds is 5. The van der Waals surface area contributed by atoms with Gasteiger partial charge in [0, 0.05) is 38.5 Å². The molecule has 3 heterocycles. The number of alkyl halides is 2. The Balaban J connectivity index is 1.79. The van der Waals surface area contributed by atoms with Crippen molar-refractivity contribution in [1.29, 1.82) is 0 Å². The molecule has 0 spiro atoms. The van der Waals surface area contributed by atoms with Gasteiger partial charge in [0.15, 0.2) is 0 Å². The molecule has 4 rings (SSSR count). The van der Waals surface area contributed by atoms with Gasteiger partial charge in [-0.15, -0.1) is 0 Å². The van der Waals surface area contributed by atoms with Crippen LogP contribution in [0.4, 0.5) is 29.3 Å². The van der Waals surface area contributed by atoms with E-state index in [1.807, 2.05) is 0 Å². The van der Waals surface area contributed by atoms with Gasteiger partial charge in [-0.1, -0.05) is 0 Å². The van der Waals surface area contributed by atoms with Crippen LogP contribution in [0.25, 0.3) is 10.9 Å². The number of hydrogen-bond donors (Lipinski definition) is 2. The van der Waals surface area contributed by atoms with E-state index < -0.39 is 40.7 Å². The zero-order chi connectivity index (χ0) is 24.8. The number of carboxylic acids is 1. The van der Waals surface area contributed by atoms with Gasteiger partial charge < -0.3 is 15.3 Å². The molecule has 2 aromatic heterocycles. The Hall–Kier alpha value is -3.70. The van der Waals surface area contributed by atoms with Crippen molar-refractivity contribution in [1.82, 2.24) is 14.5 Å². The van der Waals surface area contributed by atoms with E-state index in [1.54, 1.807) is 11.8 Å². The van der Waals surface area contributed by atoms with Crippen LogP contribution in [0.1, 0.15) is 41.7 Å². The van der Waals surface area contributed by atoms with Crippen LogP contribution >= 0.6 is 0 Å². The molecule has 1 atom stereocenters. The highest BCUT2D eigenvalue weighted by Gasteiger charge is 2.35. The molecule has 8 nitrogen and oxygen atoms in total. The number of hydrogen-bond acceptors (Lipinski definition) is 6. The summed E-state index contributed by atoms with van der Waals surface area (Å²) in [6.07, 6.45) is 0.0656. The minimum atomic E-state index is -2.79. The van der Waals surface area contributed by atoms with Gasteiger partial charge in [0.25, 0.3) is 11.5 Å². The highest BCUT2D eigenvalue weighted by molar-refractivity contribution is 5.93. The second-order valence-electron chi connectivity index (χ2n) is 8.23. The Kier molecular flexibility index (Phi) is 5.92. The largest absolute Gasteiger partial charge is 0.478 e. The molecule has 2 N–H and O–H groups in total. The SMILES string of the molecule is C[C@@H](Nc1ncc(F)cc1C(=O)O)c1cc(F)cc2c(=O)n(C)c(N3CCC(F)(F)CC3)nc12. The number of anilines is 2. The van der Waals surface area contributed by atoms with Gasteiger partial charge in [-0.25, -0.2) is 32.3 Å². The molecule has 180 valence electrons. The van der Waals surface area contributed by atoms with Crippen LogP contribution in [0, 0.1) is 11.6 Å². The molecule has 0 unspecified atom stereocenters. The molecule has 3 aromatic rings. The molecule has 1 aromatic carbocycles. The fourth-order valence-electron chi connectivity index (χ4n) is 4.00. The molecule has 1 fully saturated rings. The minimum Gasteiger partial charge on any atom is -0.478 e. The highest BCUT2D eigenvalue weighted by Crippen LogP contribution is 2.31. The maximum absolute atomic E-state index is 14.5. The number of aromatic carboxylic acids is 1. The molecular formula is C22H21F4N5O3. The number of aromatic nitrogens is 3. The summed E-state index contributed by atoms with van der Waals surface area (Å²) < 4.78 is 56.4. The van der Waals surface area contributed by atoms with E-state index in [0.29, 0.717) is 0 Å². The summed E-state index contributed by atoms with van der Waals surface area (Å²) in [5.74, 6) is -5.75. The Morgan fingerprint density at radius 3 is 2.50 bits per heavy atom. The number of carbonyl (C=O) groups is 1. The number of carboxylic acid groups (broad SMARTS) is 1. The van der Waals surface area contributed by atoms with Crippen molar-refractivity contribution >= 4 is 28.6 Å². The van der Waals surface area contributed by atoms with Crippen molar-refractivity contribution in [2.24, 2.45) is 7.05 Å². The fraction of sp³-hybridized carbons (Fsp3) is 0.364. The van der Waals surface area contributed by atoms with Crippen molar-refractivity contribution in [2.45, 2.75) is 31.7 Å². The topological polar surface area (TPSA) is 100 Å². The Morgan fingerprint density at radius 2 is 1.85 bits per heavy atom. The molecule has 0 saturated carbocycles. The predicted octanol–water partition coefficient (Wildman–Crippen LogP) is 3.71. The third-order valence-corrected chi connectivity index (χ3v) is 5.83.